The molecule has 2 N–H and O–H groups in total. The van der Waals surface area contributed by atoms with Crippen LogP contribution >= 0.6 is 11.3 Å². The third kappa shape index (κ3) is 1.58. The van der Waals surface area contributed by atoms with E-state index in [2.05, 4.69) is 29.9 Å². The number of nitrogens with zero attached hydrogens (tertiary/aromatic N) is 1. The lowest BCUT2D eigenvalue weighted by atomic mass is 10.2. The molecule has 0 radical (unpaired) electrons. The van der Waals surface area contributed by atoms with Gasteiger partial charge in [-0.05, 0) is 19.9 Å². The molecule has 2 heterocycles. The molecule has 74 valence electrons. The number of nitrogens with one attached hydrogen (secondary N) is 1. The molecule has 0 saturated carbocycles. The first-order valence-corrected chi connectivity index (χ1v) is 5.24. The fourth-order valence-corrected chi connectivity index (χ4v) is 2.37. The van der Waals surface area contributed by atoms with Gasteiger partial charge in [0.1, 0.15) is 5.82 Å². The van der Waals surface area contributed by atoms with Gasteiger partial charge >= 0.3 is 0 Å². The van der Waals surface area contributed by atoms with Gasteiger partial charge in [0.25, 0.3) is 0 Å². The first kappa shape index (κ1) is 9.43. The predicted octanol–water partition coefficient (Wildman–Crippen LogP) is 2.25. The standard InChI is InChI=1S/C10H12N2OS/c1-6-3-9(7(2)14-6)10-11-4-8(5-13)12-10/h3-4,13H,5H2,1-2H3,(H,11,12). The number of hydrogen-bond donors (Lipinski definition) is 2. The molecule has 3 nitrogen and oxygen atoms in total. The summed E-state index contributed by atoms with van der Waals surface area (Å²) < 4.78 is 0. The SMILES string of the molecule is Cc1cc(-c2ncc(CO)[nH]2)c(C)s1. The molecule has 0 aliphatic heterocycles. The van der Waals surface area contributed by atoms with Crippen LogP contribution in [0.4, 0.5) is 0 Å². The van der Waals surface area contributed by atoms with Gasteiger partial charge in [-0.2, -0.15) is 0 Å². The summed E-state index contributed by atoms with van der Waals surface area (Å²) in [7, 11) is 0. The second-order valence-electron chi connectivity index (χ2n) is 3.24. The van der Waals surface area contributed by atoms with E-state index in [1.54, 1.807) is 17.5 Å². The third-order valence-electron chi connectivity index (χ3n) is 2.09. The van der Waals surface area contributed by atoms with Crippen LogP contribution in [-0.2, 0) is 6.61 Å². The maximum absolute atomic E-state index is 8.90. The highest BCUT2D eigenvalue weighted by Crippen LogP contribution is 2.28. The minimum atomic E-state index is 0.00909. The highest BCUT2D eigenvalue weighted by Gasteiger charge is 2.08. The molecule has 14 heavy (non-hydrogen) atoms. The Balaban J connectivity index is 2.43. The summed E-state index contributed by atoms with van der Waals surface area (Å²) in [4.78, 5) is 9.83. The minimum Gasteiger partial charge on any atom is -0.390 e. The number of imidazole rings is 1. The maximum Gasteiger partial charge on any atom is 0.138 e. The van der Waals surface area contributed by atoms with Crippen molar-refractivity contribution in [2.45, 2.75) is 20.5 Å². The Labute approximate surface area is 86.4 Å². The van der Waals surface area contributed by atoms with E-state index in [4.69, 9.17) is 5.11 Å². The molecule has 0 spiro atoms. The highest BCUT2D eigenvalue weighted by atomic mass is 32.1. The fourth-order valence-electron chi connectivity index (χ4n) is 1.44. The van der Waals surface area contributed by atoms with Crippen LogP contribution in [0.5, 0.6) is 0 Å². The molecule has 0 amide bonds. The molecule has 0 aliphatic rings. The number of aliphatic hydroxyl groups excluding tert-OH is 1. The fraction of sp³-hybridized carbons (Fsp3) is 0.300. The van der Waals surface area contributed by atoms with E-state index in [9.17, 15) is 0 Å². The average molecular weight is 208 g/mol. The highest BCUT2D eigenvalue weighted by molar-refractivity contribution is 7.12. The molecule has 0 aliphatic carbocycles. The Kier molecular flexibility index (Phi) is 2.39. The molecule has 2 aromatic rings. The van der Waals surface area contributed by atoms with Gasteiger partial charge in [-0.15, -0.1) is 11.3 Å². The van der Waals surface area contributed by atoms with E-state index >= 15 is 0 Å². The molecule has 2 rings (SSSR count). The van der Waals surface area contributed by atoms with Crippen LogP contribution in [0.3, 0.4) is 0 Å². The van der Waals surface area contributed by atoms with E-state index in [1.165, 1.54) is 9.75 Å². The number of hydrogen-bond acceptors (Lipinski definition) is 3. The second-order valence-corrected chi connectivity index (χ2v) is 4.70. The molecular formula is C10H12N2OS. The summed E-state index contributed by atoms with van der Waals surface area (Å²) >= 11 is 1.76. The summed E-state index contributed by atoms with van der Waals surface area (Å²) in [6.07, 6.45) is 1.67. The Morgan fingerprint density at radius 1 is 1.50 bits per heavy atom. The van der Waals surface area contributed by atoms with Crippen LogP contribution in [0, 0.1) is 13.8 Å². The van der Waals surface area contributed by atoms with Crippen molar-refractivity contribution in [2.24, 2.45) is 0 Å². The van der Waals surface area contributed by atoms with E-state index < -0.39 is 0 Å². The summed E-state index contributed by atoms with van der Waals surface area (Å²) in [5.74, 6) is 0.843. The van der Waals surface area contributed by atoms with Crippen molar-refractivity contribution in [2.75, 3.05) is 0 Å². The van der Waals surface area contributed by atoms with Crippen LogP contribution in [-0.4, -0.2) is 15.1 Å². The van der Waals surface area contributed by atoms with E-state index in [0.717, 1.165) is 17.1 Å². The summed E-state index contributed by atoms with van der Waals surface area (Å²) in [6.45, 7) is 4.17. The third-order valence-corrected chi connectivity index (χ3v) is 3.06. The van der Waals surface area contributed by atoms with E-state index in [1.807, 2.05) is 0 Å². The van der Waals surface area contributed by atoms with Crippen molar-refractivity contribution in [3.05, 3.63) is 27.7 Å². The molecule has 2 aromatic heterocycles. The lowest BCUT2D eigenvalue weighted by Crippen LogP contribution is -1.83. The first-order valence-electron chi connectivity index (χ1n) is 4.43. The van der Waals surface area contributed by atoms with Crippen LogP contribution < -0.4 is 0 Å². The Morgan fingerprint density at radius 2 is 2.29 bits per heavy atom. The van der Waals surface area contributed by atoms with Crippen LogP contribution in [0.25, 0.3) is 11.4 Å². The number of aryl methyl sites for hydroxylation is 2. The number of aliphatic hydroxyl groups is 1. The lowest BCUT2D eigenvalue weighted by Gasteiger charge is -1.93. The van der Waals surface area contributed by atoms with Crippen LogP contribution in [0.1, 0.15) is 15.4 Å². The number of aromatic amines is 1. The van der Waals surface area contributed by atoms with Crippen molar-refractivity contribution in [3.8, 4) is 11.4 Å². The zero-order valence-corrected chi connectivity index (χ0v) is 8.98. The molecule has 0 unspecified atom stereocenters. The Hall–Kier alpha value is -1.13. The normalized spacial score (nSPS) is 10.8. The smallest absolute Gasteiger partial charge is 0.138 e. The van der Waals surface area contributed by atoms with Gasteiger partial charge in [0.05, 0.1) is 18.5 Å². The van der Waals surface area contributed by atoms with Crippen molar-refractivity contribution in [1.29, 1.82) is 0 Å². The van der Waals surface area contributed by atoms with Crippen molar-refractivity contribution < 1.29 is 5.11 Å². The van der Waals surface area contributed by atoms with Gasteiger partial charge in [0, 0.05) is 15.3 Å². The number of aromatic nitrogens is 2. The first-order chi connectivity index (χ1) is 6.70. The predicted molar refractivity (Wildman–Crippen MR) is 57.3 cm³/mol. The largest absolute Gasteiger partial charge is 0.390 e. The monoisotopic (exact) mass is 208 g/mol. The van der Waals surface area contributed by atoms with Crippen LogP contribution in [0.2, 0.25) is 0 Å². The molecule has 0 atom stereocenters. The lowest BCUT2D eigenvalue weighted by molar-refractivity contribution is 0.277. The van der Waals surface area contributed by atoms with Crippen LogP contribution in [0.15, 0.2) is 12.3 Å². The van der Waals surface area contributed by atoms with Gasteiger partial charge in [-0.3, -0.25) is 0 Å². The van der Waals surface area contributed by atoms with Gasteiger partial charge in [-0.25, -0.2) is 4.98 Å². The van der Waals surface area contributed by atoms with Gasteiger partial charge in [-0.1, -0.05) is 0 Å². The quantitative estimate of drug-likeness (QED) is 0.795. The minimum absolute atomic E-state index is 0.00909. The van der Waals surface area contributed by atoms with E-state index in [-0.39, 0.29) is 6.61 Å². The Bertz CT molecular complexity index is 445. The molecule has 0 aromatic carbocycles. The molecule has 0 saturated heterocycles. The summed E-state index contributed by atoms with van der Waals surface area (Å²) in [6, 6.07) is 2.11. The zero-order valence-electron chi connectivity index (χ0n) is 8.16. The zero-order chi connectivity index (χ0) is 10.1. The van der Waals surface area contributed by atoms with E-state index in [0.29, 0.717) is 0 Å². The average Bonchev–Trinajstić information content (AvgIpc) is 2.71. The maximum atomic E-state index is 8.90. The van der Waals surface area contributed by atoms with Crippen molar-refractivity contribution in [1.82, 2.24) is 9.97 Å². The molecular weight excluding hydrogens is 196 g/mol. The molecule has 4 heteroatoms. The van der Waals surface area contributed by atoms with Gasteiger partial charge in [0.2, 0.25) is 0 Å². The topological polar surface area (TPSA) is 48.9 Å². The molecule has 0 bridgehead atoms. The summed E-state index contributed by atoms with van der Waals surface area (Å²) in [5.41, 5.74) is 1.88. The Morgan fingerprint density at radius 3 is 2.79 bits per heavy atom. The molecule has 0 fully saturated rings. The van der Waals surface area contributed by atoms with Crippen molar-refractivity contribution >= 4 is 11.3 Å². The number of H-pyrrole nitrogens is 1. The van der Waals surface area contributed by atoms with Crippen molar-refractivity contribution in [3.63, 3.8) is 0 Å². The second kappa shape index (κ2) is 3.55. The van der Waals surface area contributed by atoms with Gasteiger partial charge < -0.3 is 10.1 Å². The van der Waals surface area contributed by atoms with Gasteiger partial charge in [0.15, 0.2) is 0 Å². The summed E-state index contributed by atoms with van der Waals surface area (Å²) in [5, 5.41) is 8.90. The number of thiophene rings is 1. The number of rotatable bonds is 2.